The largest absolute Gasteiger partial charge is 0.448 e. The van der Waals surface area contributed by atoms with Crippen LogP contribution in [-0.4, -0.2) is 29.9 Å². The Morgan fingerprint density at radius 3 is 1.95 bits per heavy atom. The Morgan fingerprint density at radius 2 is 1.58 bits per heavy atom. The first-order valence-electron chi connectivity index (χ1n) is 7.03. The van der Waals surface area contributed by atoms with Gasteiger partial charge in [-0.15, -0.1) is 0 Å². The minimum absolute atomic E-state index is 0.339. The summed E-state index contributed by atoms with van der Waals surface area (Å²) in [5.41, 5.74) is 2.32. The zero-order valence-electron chi connectivity index (χ0n) is 12.8. The molecule has 0 aromatic carbocycles. The van der Waals surface area contributed by atoms with Crippen molar-refractivity contribution in [3.8, 4) is 0 Å². The first-order valence-corrected chi connectivity index (χ1v) is 9.26. The van der Waals surface area contributed by atoms with Crippen LogP contribution in [0.4, 0.5) is 0 Å². The number of hydrogen-bond acceptors (Lipinski definition) is 4. The molecule has 1 heterocycles. The third-order valence-electron chi connectivity index (χ3n) is 4.26. The average molecular weight is 285 g/mol. The van der Waals surface area contributed by atoms with Crippen LogP contribution >= 0.6 is 0 Å². The second-order valence-corrected chi connectivity index (χ2v) is 11.9. The monoisotopic (exact) mass is 285 g/mol. The van der Waals surface area contributed by atoms with E-state index >= 15 is 0 Å². The first-order chi connectivity index (χ1) is 8.78. The molecule has 5 heteroatoms. The van der Waals surface area contributed by atoms with E-state index in [0.717, 1.165) is 5.51 Å². The number of aliphatic hydroxyl groups is 2. The van der Waals surface area contributed by atoms with Gasteiger partial charge in [-0.2, -0.15) is 0 Å². The van der Waals surface area contributed by atoms with E-state index in [1.54, 1.807) is 6.20 Å². The van der Waals surface area contributed by atoms with Gasteiger partial charge in [0.1, 0.15) is 6.10 Å². The lowest BCUT2D eigenvalue weighted by molar-refractivity contribution is 0.0784. The molecule has 0 aliphatic rings. The van der Waals surface area contributed by atoms with E-state index in [1.165, 1.54) is 0 Å². The highest BCUT2D eigenvalue weighted by atomic mass is 28.3. The molecule has 0 aliphatic carbocycles. The highest BCUT2D eigenvalue weighted by Crippen LogP contribution is 2.40. The summed E-state index contributed by atoms with van der Waals surface area (Å²) >= 11 is 0. The molecular formula is C14H27NO3Si. The van der Waals surface area contributed by atoms with E-state index in [9.17, 15) is 5.11 Å². The van der Waals surface area contributed by atoms with Gasteiger partial charge in [-0.25, -0.2) is 4.98 Å². The summed E-state index contributed by atoms with van der Waals surface area (Å²) in [7, 11) is -1.91. The fourth-order valence-electron chi connectivity index (χ4n) is 3.47. The molecule has 0 saturated carbocycles. The van der Waals surface area contributed by atoms with Crippen molar-refractivity contribution in [3.63, 3.8) is 0 Å². The van der Waals surface area contributed by atoms with Gasteiger partial charge in [-0.3, -0.25) is 0 Å². The second kappa shape index (κ2) is 6.20. The lowest BCUT2D eigenvalue weighted by Gasteiger charge is -2.39. The molecule has 19 heavy (non-hydrogen) atoms. The summed E-state index contributed by atoms with van der Waals surface area (Å²) in [5, 5.41) is 18.7. The molecule has 1 aromatic rings. The summed E-state index contributed by atoms with van der Waals surface area (Å²) in [6.45, 7) is 13.1. The van der Waals surface area contributed by atoms with E-state index in [0.29, 0.717) is 22.4 Å². The van der Waals surface area contributed by atoms with Crippen LogP contribution in [0.1, 0.15) is 53.4 Å². The third kappa shape index (κ3) is 2.78. The molecule has 0 fully saturated rings. The van der Waals surface area contributed by atoms with Crippen molar-refractivity contribution in [2.45, 2.75) is 64.3 Å². The van der Waals surface area contributed by atoms with Crippen LogP contribution in [0, 0.1) is 0 Å². The van der Waals surface area contributed by atoms with Gasteiger partial charge < -0.3 is 14.6 Å². The van der Waals surface area contributed by atoms with Gasteiger partial charge in [-0.05, 0) is 16.6 Å². The zero-order chi connectivity index (χ0) is 14.8. The summed E-state index contributed by atoms with van der Waals surface area (Å²) < 4.78 is 5.83. The Labute approximate surface area is 116 Å². The standard InChI is InChI=1S/C14H27NO3Si/c1-9(2)19(10(3)4,11(5)6)14-15-7-13(18-14)12(17)8-16/h7,9-12,16-17H,8H2,1-6H3/t12-/m1/s1. The molecule has 4 nitrogen and oxygen atoms in total. The van der Waals surface area contributed by atoms with E-state index in [1.807, 2.05) is 0 Å². The molecule has 0 spiro atoms. The quantitative estimate of drug-likeness (QED) is 0.788. The number of oxazole rings is 1. The highest BCUT2D eigenvalue weighted by Gasteiger charge is 2.49. The second-order valence-electron chi connectivity index (χ2n) is 6.16. The molecule has 0 saturated heterocycles. The van der Waals surface area contributed by atoms with Gasteiger partial charge in [0.2, 0.25) is 0 Å². The molecule has 110 valence electrons. The van der Waals surface area contributed by atoms with Crippen LogP contribution in [-0.2, 0) is 0 Å². The van der Waals surface area contributed by atoms with Gasteiger partial charge in [0, 0.05) is 0 Å². The Balaban J connectivity index is 3.29. The van der Waals surface area contributed by atoms with Crippen molar-refractivity contribution in [2.75, 3.05) is 6.61 Å². The number of rotatable bonds is 6. The van der Waals surface area contributed by atoms with Crippen molar-refractivity contribution in [1.29, 1.82) is 0 Å². The molecule has 1 atom stereocenters. The summed E-state index contributed by atoms with van der Waals surface area (Å²) in [6.07, 6.45) is 0.588. The van der Waals surface area contributed by atoms with Gasteiger partial charge in [-0.1, -0.05) is 41.5 Å². The van der Waals surface area contributed by atoms with Gasteiger partial charge >= 0.3 is 0 Å². The SMILES string of the molecule is CC(C)[Si](c1ncc([C@H](O)CO)o1)(C(C)C)C(C)C. The third-order valence-corrected chi connectivity index (χ3v) is 11.0. The normalized spacial score (nSPS) is 14.7. The molecule has 2 N–H and O–H groups in total. The summed E-state index contributed by atoms with van der Waals surface area (Å²) in [4.78, 5) is 4.45. The average Bonchev–Trinajstić information content (AvgIpc) is 2.77. The van der Waals surface area contributed by atoms with E-state index < -0.39 is 14.2 Å². The molecule has 1 rings (SSSR count). The molecule has 0 bridgehead atoms. The number of hydrogen-bond donors (Lipinski definition) is 2. The maximum Gasteiger partial charge on any atom is 0.167 e. The van der Waals surface area contributed by atoms with Crippen molar-refractivity contribution < 1.29 is 14.6 Å². The first kappa shape index (κ1) is 16.4. The molecule has 1 aromatic heterocycles. The van der Waals surface area contributed by atoms with Crippen LogP contribution in [0.3, 0.4) is 0 Å². The molecule has 0 amide bonds. The van der Waals surface area contributed by atoms with Crippen LogP contribution < -0.4 is 5.51 Å². The minimum atomic E-state index is -1.91. The van der Waals surface area contributed by atoms with Crippen molar-refractivity contribution in [2.24, 2.45) is 0 Å². The maximum atomic E-state index is 9.66. The lowest BCUT2D eigenvalue weighted by atomic mass is 10.3. The Bertz CT molecular complexity index is 379. The Hall–Kier alpha value is -0.653. The smallest absolute Gasteiger partial charge is 0.167 e. The predicted octanol–water partition coefficient (Wildman–Crippen LogP) is 2.59. The lowest BCUT2D eigenvalue weighted by Crippen LogP contribution is -2.56. The van der Waals surface area contributed by atoms with Crippen molar-refractivity contribution in [3.05, 3.63) is 12.0 Å². The van der Waals surface area contributed by atoms with Crippen LogP contribution in [0.2, 0.25) is 16.6 Å². The van der Waals surface area contributed by atoms with Crippen molar-refractivity contribution >= 4 is 13.6 Å². The topological polar surface area (TPSA) is 66.5 Å². The van der Waals surface area contributed by atoms with E-state index in [-0.39, 0.29) is 6.61 Å². The fourth-order valence-corrected chi connectivity index (χ4v) is 9.54. The molecule has 0 aliphatic heterocycles. The summed E-state index contributed by atoms with van der Waals surface area (Å²) in [6, 6.07) is 0. The highest BCUT2D eigenvalue weighted by molar-refractivity contribution is 6.93. The van der Waals surface area contributed by atoms with E-state index in [4.69, 9.17) is 9.52 Å². The molecule has 0 radical (unpaired) electrons. The Kier molecular flexibility index (Phi) is 5.35. The van der Waals surface area contributed by atoms with Crippen LogP contribution in [0.15, 0.2) is 10.6 Å². The Morgan fingerprint density at radius 1 is 1.11 bits per heavy atom. The van der Waals surface area contributed by atoms with Crippen molar-refractivity contribution in [1.82, 2.24) is 4.98 Å². The zero-order valence-corrected chi connectivity index (χ0v) is 13.8. The van der Waals surface area contributed by atoms with Gasteiger partial charge in [0.15, 0.2) is 19.3 Å². The number of aromatic nitrogens is 1. The van der Waals surface area contributed by atoms with Gasteiger partial charge in [0.05, 0.1) is 12.8 Å². The maximum absolute atomic E-state index is 9.66. The van der Waals surface area contributed by atoms with Crippen LogP contribution in [0.5, 0.6) is 0 Å². The fraction of sp³-hybridized carbons (Fsp3) is 0.786. The predicted molar refractivity (Wildman–Crippen MR) is 79.2 cm³/mol. The molecule has 0 unspecified atom stereocenters. The van der Waals surface area contributed by atoms with Crippen LogP contribution in [0.25, 0.3) is 0 Å². The minimum Gasteiger partial charge on any atom is -0.448 e. The molecular weight excluding hydrogens is 258 g/mol. The van der Waals surface area contributed by atoms with Gasteiger partial charge in [0.25, 0.3) is 0 Å². The summed E-state index contributed by atoms with van der Waals surface area (Å²) in [5.74, 6) is 0.372. The number of aliphatic hydroxyl groups excluding tert-OH is 2. The number of nitrogens with zero attached hydrogens (tertiary/aromatic N) is 1. The van der Waals surface area contributed by atoms with E-state index in [2.05, 4.69) is 46.5 Å².